The van der Waals surface area contributed by atoms with Gasteiger partial charge >= 0.3 is 6.03 Å². The minimum Gasteiger partial charge on any atom is -0.339 e. The van der Waals surface area contributed by atoms with E-state index in [1.54, 1.807) is 11.3 Å². The van der Waals surface area contributed by atoms with Gasteiger partial charge in [-0.05, 0) is 30.2 Å². The van der Waals surface area contributed by atoms with Crippen molar-refractivity contribution >= 4 is 23.3 Å². The van der Waals surface area contributed by atoms with Crippen LogP contribution in [0.25, 0.3) is 0 Å². The zero-order valence-electron chi connectivity index (χ0n) is 13.8. The van der Waals surface area contributed by atoms with Crippen LogP contribution >= 0.6 is 11.3 Å². The Labute approximate surface area is 141 Å². The Balaban J connectivity index is 1.53. The van der Waals surface area contributed by atoms with Gasteiger partial charge in [0.2, 0.25) is 5.91 Å². The number of rotatable bonds is 4. The number of hydrogen-bond acceptors (Lipinski definition) is 3. The van der Waals surface area contributed by atoms with Crippen LogP contribution in [0.15, 0.2) is 17.5 Å². The third-order valence-electron chi connectivity index (χ3n) is 4.60. The molecule has 1 aromatic rings. The average Bonchev–Trinajstić information content (AvgIpc) is 3.27. The Kier molecular flexibility index (Phi) is 4.90. The summed E-state index contributed by atoms with van der Waals surface area (Å²) in [5.41, 5.74) is 0. The molecular weight excluding hydrogens is 310 g/mol. The maximum Gasteiger partial charge on any atom is 0.318 e. The van der Waals surface area contributed by atoms with E-state index in [9.17, 15) is 9.59 Å². The summed E-state index contributed by atoms with van der Waals surface area (Å²) >= 11 is 1.68. The lowest BCUT2D eigenvalue weighted by Crippen LogP contribution is -2.54. The highest BCUT2D eigenvalue weighted by atomic mass is 32.1. The summed E-state index contributed by atoms with van der Waals surface area (Å²) in [6, 6.07) is 4.12. The molecule has 23 heavy (non-hydrogen) atoms. The first-order chi connectivity index (χ1) is 11.1. The first-order valence-corrected chi connectivity index (χ1v) is 9.32. The molecule has 0 spiro atoms. The van der Waals surface area contributed by atoms with Crippen LogP contribution in [0.5, 0.6) is 0 Å². The largest absolute Gasteiger partial charge is 0.339 e. The Hall–Kier alpha value is -1.56. The molecule has 2 aliphatic rings. The summed E-state index contributed by atoms with van der Waals surface area (Å²) in [7, 11) is 0. The molecule has 0 aromatic carbocycles. The topological polar surface area (TPSA) is 52.7 Å². The molecule has 1 atom stereocenters. The van der Waals surface area contributed by atoms with Gasteiger partial charge in [-0.1, -0.05) is 19.9 Å². The summed E-state index contributed by atoms with van der Waals surface area (Å²) in [4.78, 5) is 29.6. The van der Waals surface area contributed by atoms with Gasteiger partial charge in [0, 0.05) is 37.0 Å². The normalized spacial score (nSPS) is 19.8. The Morgan fingerprint density at radius 3 is 2.35 bits per heavy atom. The van der Waals surface area contributed by atoms with Gasteiger partial charge in [0.15, 0.2) is 0 Å². The molecular formula is C17H25N3O2S. The summed E-state index contributed by atoms with van der Waals surface area (Å²) < 4.78 is 0. The number of hydrogen-bond donors (Lipinski definition) is 1. The predicted octanol–water partition coefficient (Wildman–Crippen LogP) is 2.71. The Bertz CT molecular complexity index is 546. The highest BCUT2D eigenvalue weighted by Crippen LogP contribution is 2.31. The zero-order chi connectivity index (χ0) is 16.4. The molecule has 2 fully saturated rings. The van der Waals surface area contributed by atoms with Crippen molar-refractivity contribution in [2.45, 2.75) is 32.7 Å². The second-order valence-electron chi connectivity index (χ2n) is 6.77. The quantitative estimate of drug-likeness (QED) is 0.920. The van der Waals surface area contributed by atoms with E-state index in [-0.39, 0.29) is 23.9 Å². The van der Waals surface area contributed by atoms with Crippen molar-refractivity contribution in [3.8, 4) is 0 Å². The fraction of sp³-hybridized carbons (Fsp3) is 0.647. The molecule has 3 amide bonds. The SMILES string of the molecule is CC(C)C(NC(=O)N1CCN(C(=O)C2CC2)CC1)c1cccs1. The summed E-state index contributed by atoms with van der Waals surface area (Å²) in [6.45, 7) is 6.81. The number of urea groups is 1. The van der Waals surface area contributed by atoms with Gasteiger partial charge in [-0.25, -0.2) is 4.79 Å². The van der Waals surface area contributed by atoms with E-state index < -0.39 is 0 Å². The van der Waals surface area contributed by atoms with Crippen molar-refractivity contribution in [1.29, 1.82) is 0 Å². The number of nitrogens with zero attached hydrogens (tertiary/aromatic N) is 2. The number of piperazine rings is 1. The maximum absolute atomic E-state index is 12.5. The van der Waals surface area contributed by atoms with Crippen LogP contribution in [0, 0.1) is 11.8 Å². The van der Waals surface area contributed by atoms with Crippen molar-refractivity contribution < 1.29 is 9.59 Å². The summed E-state index contributed by atoms with van der Waals surface area (Å²) in [6.07, 6.45) is 2.08. The minimum absolute atomic E-state index is 0.0179. The number of nitrogens with one attached hydrogen (secondary N) is 1. The van der Waals surface area contributed by atoms with Crippen LogP contribution < -0.4 is 5.32 Å². The first-order valence-electron chi connectivity index (χ1n) is 8.44. The predicted molar refractivity (Wildman–Crippen MR) is 91.3 cm³/mol. The smallest absolute Gasteiger partial charge is 0.318 e. The van der Waals surface area contributed by atoms with Crippen LogP contribution in [0.3, 0.4) is 0 Å². The van der Waals surface area contributed by atoms with E-state index >= 15 is 0 Å². The molecule has 2 heterocycles. The van der Waals surface area contributed by atoms with Crippen LogP contribution in [-0.4, -0.2) is 47.9 Å². The highest BCUT2D eigenvalue weighted by molar-refractivity contribution is 7.10. The van der Waals surface area contributed by atoms with Gasteiger partial charge in [-0.2, -0.15) is 0 Å². The highest BCUT2D eigenvalue weighted by Gasteiger charge is 2.35. The molecule has 6 heteroatoms. The molecule has 1 aromatic heterocycles. The lowest BCUT2D eigenvalue weighted by molar-refractivity contribution is -0.133. The zero-order valence-corrected chi connectivity index (χ0v) is 14.6. The minimum atomic E-state index is -0.0179. The number of amides is 3. The van der Waals surface area contributed by atoms with Crippen molar-refractivity contribution in [3.05, 3.63) is 22.4 Å². The van der Waals surface area contributed by atoms with Crippen LogP contribution in [0.1, 0.15) is 37.6 Å². The second kappa shape index (κ2) is 6.91. The molecule has 1 saturated carbocycles. The molecule has 126 valence electrons. The lowest BCUT2D eigenvalue weighted by atomic mass is 10.0. The van der Waals surface area contributed by atoms with Gasteiger partial charge in [0.05, 0.1) is 6.04 Å². The van der Waals surface area contributed by atoms with E-state index in [0.717, 1.165) is 12.8 Å². The van der Waals surface area contributed by atoms with E-state index in [4.69, 9.17) is 0 Å². The monoisotopic (exact) mass is 335 g/mol. The molecule has 5 nitrogen and oxygen atoms in total. The van der Waals surface area contributed by atoms with Crippen molar-refractivity contribution in [1.82, 2.24) is 15.1 Å². The van der Waals surface area contributed by atoms with E-state index in [1.807, 2.05) is 21.2 Å². The fourth-order valence-corrected chi connectivity index (χ4v) is 3.93. The van der Waals surface area contributed by atoms with Gasteiger partial charge < -0.3 is 15.1 Å². The molecule has 1 N–H and O–H groups in total. The van der Waals surface area contributed by atoms with Crippen LogP contribution in [0.4, 0.5) is 4.79 Å². The molecule has 1 saturated heterocycles. The maximum atomic E-state index is 12.5. The van der Waals surface area contributed by atoms with Crippen molar-refractivity contribution in [3.63, 3.8) is 0 Å². The van der Waals surface area contributed by atoms with E-state index in [2.05, 4.69) is 25.2 Å². The van der Waals surface area contributed by atoms with Crippen molar-refractivity contribution in [2.75, 3.05) is 26.2 Å². The molecule has 1 aliphatic heterocycles. The Morgan fingerprint density at radius 2 is 1.83 bits per heavy atom. The van der Waals surface area contributed by atoms with Gasteiger partial charge in [-0.3, -0.25) is 4.79 Å². The summed E-state index contributed by atoms with van der Waals surface area (Å²) in [5.74, 6) is 0.888. The lowest BCUT2D eigenvalue weighted by Gasteiger charge is -2.36. The number of carbonyl (C=O) groups excluding carboxylic acids is 2. The van der Waals surface area contributed by atoms with Gasteiger partial charge in [-0.15, -0.1) is 11.3 Å². The second-order valence-corrected chi connectivity index (χ2v) is 7.75. The standard InChI is InChI=1S/C17H25N3O2S/c1-12(2)15(14-4-3-11-23-14)18-17(22)20-9-7-19(8-10-20)16(21)13-5-6-13/h3-4,11-13,15H,5-10H2,1-2H3,(H,18,22). The molecule has 0 bridgehead atoms. The van der Waals surface area contributed by atoms with E-state index in [0.29, 0.717) is 32.1 Å². The summed E-state index contributed by atoms with van der Waals surface area (Å²) in [5, 5.41) is 5.20. The molecule has 3 rings (SSSR count). The average molecular weight is 335 g/mol. The third kappa shape index (κ3) is 3.86. The third-order valence-corrected chi connectivity index (χ3v) is 5.56. The first kappa shape index (κ1) is 16.3. The number of carbonyl (C=O) groups is 2. The van der Waals surface area contributed by atoms with Crippen LogP contribution in [0.2, 0.25) is 0 Å². The van der Waals surface area contributed by atoms with E-state index in [1.165, 1.54) is 4.88 Å². The Morgan fingerprint density at radius 1 is 1.17 bits per heavy atom. The molecule has 0 radical (unpaired) electrons. The fourth-order valence-electron chi connectivity index (χ4n) is 2.98. The van der Waals surface area contributed by atoms with Crippen LogP contribution in [-0.2, 0) is 4.79 Å². The molecule has 1 unspecified atom stereocenters. The van der Waals surface area contributed by atoms with Gasteiger partial charge in [0.25, 0.3) is 0 Å². The molecule has 1 aliphatic carbocycles. The number of thiophene rings is 1. The van der Waals surface area contributed by atoms with Crippen molar-refractivity contribution in [2.24, 2.45) is 11.8 Å². The van der Waals surface area contributed by atoms with Gasteiger partial charge in [0.1, 0.15) is 0 Å².